The summed E-state index contributed by atoms with van der Waals surface area (Å²) in [5, 5.41) is 1.56. The summed E-state index contributed by atoms with van der Waals surface area (Å²) < 4.78 is 115. The van der Waals surface area contributed by atoms with Gasteiger partial charge in [0.1, 0.15) is 11.3 Å². The smallest absolute Gasteiger partial charge is 0.422 e. The van der Waals surface area contributed by atoms with Gasteiger partial charge in [-0.25, -0.2) is 23.6 Å². The molecule has 0 aliphatic carbocycles. The summed E-state index contributed by atoms with van der Waals surface area (Å²) in [5.41, 5.74) is 1.00. The number of hydrogen-bond donors (Lipinski definition) is 0. The van der Waals surface area contributed by atoms with E-state index in [1.807, 2.05) is 0 Å². The monoisotopic (exact) mass is 554 g/mol. The minimum atomic E-state index is -4.94. The standard InChI is InChI=1S/2C11H8F3NO.ClHO4/c2*12-11(13,14)7-16-9-5-1-3-8-4-2-6-15-10(8)9;2-1(3,4)5/h2*1-6H,7H2;(H,2,3,4,5). The molecule has 0 unspecified atom stereocenters. The predicted octanol–water partition coefficient (Wildman–Crippen LogP) is 1.01. The van der Waals surface area contributed by atoms with Crippen molar-refractivity contribution in [3.05, 3.63) is 73.1 Å². The fourth-order valence-corrected chi connectivity index (χ4v) is 2.76. The number of nitrogens with one attached hydrogen (secondary N) is 1. The molecule has 200 valence electrons. The van der Waals surface area contributed by atoms with Crippen molar-refractivity contribution in [2.75, 3.05) is 13.2 Å². The van der Waals surface area contributed by atoms with Gasteiger partial charge in [-0.3, -0.25) is 4.98 Å². The van der Waals surface area contributed by atoms with Crippen molar-refractivity contribution in [3.63, 3.8) is 0 Å². The summed E-state index contributed by atoms with van der Waals surface area (Å²) in [4.78, 5) is 6.85. The Morgan fingerprint density at radius 3 is 1.78 bits per heavy atom. The minimum Gasteiger partial charge on any atom is -0.482 e. The number of H-pyrrole nitrogens is 1. The van der Waals surface area contributed by atoms with E-state index in [-0.39, 0.29) is 11.5 Å². The van der Waals surface area contributed by atoms with Crippen LogP contribution in [0, 0.1) is 10.2 Å². The summed E-state index contributed by atoms with van der Waals surface area (Å²) in [5.74, 6) is 0.353. The van der Waals surface area contributed by atoms with Gasteiger partial charge in [-0.15, -0.1) is 10.2 Å². The van der Waals surface area contributed by atoms with Crippen LogP contribution in [-0.4, -0.2) is 30.6 Å². The lowest BCUT2D eigenvalue weighted by Gasteiger charge is -2.17. The first-order chi connectivity index (χ1) is 17.1. The summed E-state index contributed by atoms with van der Waals surface area (Å²) in [6.45, 7) is -2.59. The lowest BCUT2D eigenvalue weighted by atomic mass is 10.2. The number of aromatic amines is 1. The molecule has 0 saturated carbocycles. The van der Waals surface area contributed by atoms with Gasteiger partial charge >= 0.3 is 12.4 Å². The zero-order valence-electron chi connectivity index (χ0n) is 18.4. The lowest BCUT2D eigenvalue weighted by Crippen LogP contribution is -2.68. The maximum atomic E-state index is 12.0. The number of nitrogens with zero attached hydrogens (tertiary/aromatic N) is 1. The molecule has 4 rings (SSSR count). The largest absolute Gasteiger partial charge is 0.482 e. The molecule has 2 aromatic carbocycles. The quantitative estimate of drug-likeness (QED) is 0.343. The molecule has 2 heterocycles. The number of fused-ring (bicyclic) bond motifs is 2. The number of benzene rings is 2. The van der Waals surface area contributed by atoms with Crippen LogP contribution in [0.2, 0.25) is 0 Å². The Bertz CT molecular complexity index is 1170. The molecular weight excluding hydrogens is 538 g/mol. The van der Waals surface area contributed by atoms with Crippen molar-refractivity contribution in [2.24, 2.45) is 0 Å². The highest BCUT2D eigenvalue weighted by molar-refractivity contribution is 5.84. The number of alkyl halides is 6. The first-order valence-corrected chi connectivity index (χ1v) is 11.1. The van der Waals surface area contributed by atoms with Crippen LogP contribution in [0.15, 0.2) is 73.1 Å². The van der Waals surface area contributed by atoms with E-state index in [1.165, 1.54) is 18.3 Å². The van der Waals surface area contributed by atoms with Gasteiger partial charge in [0, 0.05) is 17.6 Å². The van der Waals surface area contributed by atoms with E-state index in [4.69, 9.17) is 28.1 Å². The van der Waals surface area contributed by atoms with E-state index in [0.29, 0.717) is 11.0 Å². The Morgan fingerprint density at radius 2 is 1.19 bits per heavy atom. The van der Waals surface area contributed by atoms with Gasteiger partial charge in [0.15, 0.2) is 25.2 Å². The highest BCUT2D eigenvalue weighted by Crippen LogP contribution is 2.25. The number of ether oxygens (including phenoxy) is 2. The molecule has 0 saturated heterocycles. The second kappa shape index (κ2) is 12.7. The van der Waals surface area contributed by atoms with Crippen LogP contribution in [0.5, 0.6) is 11.5 Å². The van der Waals surface area contributed by atoms with Crippen molar-refractivity contribution >= 4 is 21.8 Å². The summed E-state index contributed by atoms with van der Waals surface area (Å²) in [7, 11) is -4.94. The molecule has 0 aliphatic rings. The molecule has 0 spiro atoms. The predicted molar refractivity (Wildman–Crippen MR) is 105 cm³/mol. The molecule has 0 atom stereocenters. The van der Waals surface area contributed by atoms with Gasteiger partial charge in [0.05, 0.1) is 5.39 Å². The van der Waals surface area contributed by atoms with E-state index in [0.717, 1.165) is 10.8 Å². The summed E-state index contributed by atoms with van der Waals surface area (Å²) in [6.07, 6.45) is -5.50. The third kappa shape index (κ3) is 11.9. The molecule has 4 aromatic rings. The number of pyridine rings is 2. The Balaban J connectivity index is 0.000000221. The van der Waals surface area contributed by atoms with Crippen molar-refractivity contribution in [1.29, 1.82) is 0 Å². The highest BCUT2D eigenvalue weighted by atomic mass is 35.7. The van der Waals surface area contributed by atoms with E-state index in [1.54, 1.807) is 54.7 Å². The molecule has 2 aromatic heterocycles. The maximum Gasteiger partial charge on any atom is 0.422 e. The van der Waals surface area contributed by atoms with E-state index < -0.39 is 35.8 Å². The van der Waals surface area contributed by atoms with E-state index in [2.05, 4.69) is 9.97 Å². The number of rotatable bonds is 4. The fraction of sp³-hybridized carbons (Fsp3) is 0.182. The number of aromatic nitrogens is 2. The van der Waals surface area contributed by atoms with Crippen LogP contribution in [0.3, 0.4) is 0 Å². The Kier molecular flexibility index (Phi) is 10.2. The highest BCUT2D eigenvalue weighted by Gasteiger charge is 2.29. The van der Waals surface area contributed by atoms with E-state index in [9.17, 15) is 26.3 Å². The summed E-state index contributed by atoms with van der Waals surface area (Å²) in [6, 6.07) is 16.9. The van der Waals surface area contributed by atoms with Gasteiger partial charge in [0.2, 0.25) is 0 Å². The van der Waals surface area contributed by atoms with Gasteiger partial charge in [-0.2, -0.15) is 26.3 Å². The molecule has 37 heavy (non-hydrogen) atoms. The molecule has 15 heteroatoms. The normalized spacial score (nSPS) is 11.7. The molecule has 0 radical (unpaired) electrons. The van der Waals surface area contributed by atoms with Crippen LogP contribution in [0.25, 0.3) is 21.8 Å². The van der Waals surface area contributed by atoms with Crippen molar-refractivity contribution in [2.45, 2.75) is 12.4 Å². The second-order valence-corrected chi connectivity index (χ2v) is 7.66. The van der Waals surface area contributed by atoms with Crippen LogP contribution in [-0.2, 0) is 0 Å². The molecule has 8 nitrogen and oxygen atoms in total. The molecule has 0 bridgehead atoms. The number of halogens is 7. The zero-order valence-corrected chi connectivity index (χ0v) is 19.1. The van der Waals surface area contributed by atoms with Crippen molar-refractivity contribution < 1.29 is 69.7 Å². The molecule has 1 N–H and O–H groups in total. The maximum absolute atomic E-state index is 12.0. The van der Waals surface area contributed by atoms with Crippen molar-refractivity contribution in [3.8, 4) is 11.5 Å². The van der Waals surface area contributed by atoms with Crippen LogP contribution in [0.4, 0.5) is 26.3 Å². The molecule has 0 amide bonds. The van der Waals surface area contributed by atoms with Gasteiger partial charge in [0.25, 0.3) is 5.52 Å². The Labute approximate surface area is 207 Å². The van der Waals surface area contributed by atoms with Crippen LogP contribution < -0.4 is 33.1 Å². The SMILES string of the molecule is FC(F)(F)COc1cccc2ccc[nH+]c12.FC(F)(F)COc1cccc2cccnc12.[O-][Cl+3]([O-])([O-])[O-]. The first kappa shape index (κ1) is 29.8. The average Bonchev–Trinajstić information content (AvgIpc) is 2.80. The average molecular weight is 555 g/mol. The third-order valence-corrected chi connectivity index (χ3v) is 4.04. The molecule has 0 aliphatic heterocycles. The van der Waals surface area contributed by atoms with Crippen molar-refractivity contribution in [1.82, 2.24) is 4.98 Å². The lowest BCUT2D eigenvalue weighted by molar-refractivity contribution is -2.00. The van der Waals surface area contributed by atoms with Crippen LogP contribution >= 0.6 is 0 Å². The molecule has 0 fully saturated rings. The van der Waals surface area contributed by atoms with Crippen LogP contribution in [0.1, 0.15) is 0 Å². The molecular formula is C22H17ClF6N2O6. The Hall–Kier alpha value is -3.43. The number of para-hydroxylation sites is 2. The van der Waals surface area contributed by atoms with E-state index >= 15 is 0 Å². The topological polar surface area (TPSA) is 138 Å². The first-order valence-electron chi connectivity index (χ1n) is 9.86. The van der Waals surface area contributed by atoms with Gasteiger partial charge in [-0.05, 0) is 30.3 Å². The number of hydrogen-bond acceptors (Lipinski definition) is 7. The van der Waals surface area contributed by atoms with Gasteiger partial charge < -0.3 is 9.47 Å². The minimum absolute atomic E-state index is 0.149. The summed E-state index contributed by atoms with van der Waals surface area (Å²) >= 11 is 0. The Morgan fingerprint density at radius 1 is 0.703 bits per heavy atom. The zero-order chi connectivity index (χ0) is 27.7. The fourth-order valence-electron chi connectivity index (χ4n) is 2.76. The van der Waals surface area contributed by atoms with Gasteiger partial charge in [-0.1, -0.05) is 24.3 Å². The second-order valence-electron chi connectivity index (χ2n) is 6.91. The third-order valence-electron chi connectivity index (χ3n) is 4.04.